The van der Waals surface area contributed by atoms with Crippen LogP contribution in [-0.4, -0.2) is 47.1 Å². The van der Waals surface area contributed by atoms with E-state index in [9.17, 15) is 13.5 Å². The van der Waals surface area contributed by atoms with Crippen LogP contribution < -0.4 is 4.72 Å². The number of nitrogens with zero attached hydrogens (tertiary/aromatic N) is 2. The molecule has 0 fully saturated rings. The number of sulfonamides is 1. The highest BCUT2D eigenvalue weighted by Gasteiger charge is 2.28. The second-order valence-electron chi connectivity index (χ2n) is 4.89. The van der Waals surface area contributed by atoms with Crippen molar-refractivity contribution in [3.8, 4) is 0 Å². The van der Waals surface area contributed by atoms with Gasteiger partial charge in [-0.2, -0.15) is 11.8 Å². The number of rotatable bonds is 6. The molecule has 21 heavy (non-hydrogen) atoms. The zero-order valence-electron chi connectivity index (χ0n) is 11.6. The van der Waals surface area contributed by atoms with Crippen molar-refractivity contribution in [1.29, 1.82) is 0 Å². The zero-order chi connectivity index (χ0) is 15.7. The van der Waals surface area contributed by atoms with E-state index in [4.69, 9.17) is 11.6 Å². The molecule has 2 heterocycles. The molecular formula is C12H16ClN3O3S2. The average Bonchev–Trinajstić information content (AvgIpc) is 2.73. The molecule has 6 nitrogen and oxygen atoms in total. The van der Waals surface area contributed by atoms with E-state index >= 15 is 0 Å². The Labute approximate surface area is 132 Å². The van der Waals surface area contributed by atoms with Crippen molar-refractivity contribution < 1.29 is 13.5 Å². The third kappa shape index (κ3) is 3.70. The number of hydrogen-bond acceptors (Lipinski definition) is 5. The Balaban J connectivity index is 2.32. The molecule has 2 aromatic heterocycles. The van der Waals surface area contributed by atoms with E-state index in [0.717, 1.165) is 0 Å². The highest BCUT2D eigenvalue weighted by atomic mass is 35.5. The number of pyridine rings is 1. The lowest BCUT2D eigenvalue weighted by molar-refractivity contribution is 0.0908. The molecule has 0 spiro atoms. The van der Waals surface area contributed by atoms with Gasteiger partial charge in [-0.25, -0.2) is 18.1 Å². The minimum Gasteiger partial charge on any atom is -0.388 e. The van der Waals surface area contributed by atoms with Crippen LogP contribution in [0.2, 0.25) is 5.15 Å². The van der Waals surface area contributed by atoms with Gasteiger partial charge in [0, 0.05) is 18.5 Å². The van der Waals surface area contributed by atoms with Crippen molar-refractivity contribution in [2.24, 2.45) is 0 Å². The summed E-state index contributed by atoms with van der Waals surface area (Å²) in [7, 11) is -3.88. The van der Waals surface area contributed by atoms with E-state index in [0.29, 0.717) is 11.4 Å². The predicted octanol–water partition coefficient (Wildman–Crippen LogP) is 1.38. The molecule has 0 aliphatic heterocycles. The molecule has 0 aromatic carbocycles. The minimum absolute atomic E-state index is 0.0989. The molecule has 0 aliphatic rings. The maximum absolute atomic E-state index is 12.4. The minimum atomic E-state index is -3.88. The summed E-state index contributed by atoms with van der Waals surface area (Å²) in [6.45, 7) is 1.47. The Kier molecular flexibility index (Phi) is 4.84. The molecule has 0 saturated heterocycles. The molecule has 2 aromatic rings. The van der Waals surface area contributed by atoms with Crippen LogP contribution in [0.15, 0.2) is 29.4 Å². The van der Waals surface area contributed by atoms with Crippen molar-refractivity contribution in [3.05, 3.63) is 29.5 Å². The summed E-state index contributed by atoms with van der Waals surface area (Å²) >= 11 is 7.38. The maximum Gasteiger partial charge on any atom is 0.259 e. The molecule has 9 heteroatoms. The first kappa shape index (κ1) is 16.6. The van der Waals surface area contributed by atoms with Gasteiger partial charge in [-0.05, 0) is 25.3 Å². The normalized spacial score (nSPS) is 15.2. The third-order valence-electron chi connectivity index (χ3n) is 2.80. The number of hydrogen-bond donors (Lipinski definition) is 2. The van der Waals surface area contributed by atoms with Crippen LogP contribution in [0.25, 0.3) is 5.65 Å². The molecule has 2 rings (SSSR count). The molecule has 2 N–H and O–H groups in total. The quantitative estimate of drug-likeness (QED) is 0.823. The lowest BCUT2D eigenvalue weighted by Crippen LogP contribution is -2.42. The molecule has 0 radical (unpaired) electrons. The van der Waals surface area contributed by atoms with E-state index in [-0.39, 0.29) is 16.7 Å². The van der Waals surface area contributed by atoms with Crippen molar-refractivity contribution in [1.82, 2.24) is 14.1 Å². The Hall–Kier alpha value is -0.800. The first-order valence-electron chi connectivity index (χ1n) is 6.10. The standard InChI is InChI=1S/C12H16ClN3O3S2/c1-12(17,8-20-2)7-14-21(18,19)11-10(13)15-9-5-3-4-6-16(9)11/h3-6,14,17H,7-8H2,1-2H3. The lowest BCUT2D eigenvalue weighted by atomic mass is 10.1. The number of imidazole rings is 1. The fraction of sp³-hybridized carbons (Fsp3) is 0.417. The summed E-state index contributed by atoms with van der Waals surface area (Å²) in [5.74, 6) is 0.413. The molecule has 1 atom stereocenters. The second kappa shape index (κ2) is 6.13. The number of thioether (sulfide) groups is 1. The zero-order valence-corrected chi connectivity index (χ0v) is 14.0. The fourth-order valence-corrected chi connectivity index (χ4v) is 4.39. The maximum atomic E-state index is 12.4. The van der Waals surface area contributed by atoms with Crippen LogP contribution in [0.1, 0.15) is 6.92 Å². The van der Waals surface area contributed by atoms with Gasteiger partial charge in [0.05, 0.1) is 5.60 Å². The topological polar surface area (TPSA) is 83.7 Å². The number of aliphatic hydroxyl groups is 1. The van der Waals surface area contributed by atoms with E-state index in [1.807, 2.05) is 6.26 Å². The monoisotopic (exact) mass is 349 g/mol. The van der Waals surface area contributed by atoms with Crippen LogP contribution >= 0.6 is 23.4 Å². The highest BCUT2D eigenvalue weighted by Crippen LogP contribution is 2.22. The molecule has 116 valence electrons. The van der Waals surface area contributed by atoms with Crippen molar-refractivity contribution in [2.75, 3.05) is 18.6 Å². The van der Waals surface area contributed by atoms with Gasteiger partial charge in [-0.1, -0.05) is 17.7 Å². The summed E-state index contributed by atoms with van der Waals surface area (Å²) in [6.07, 6.45) is 3.41. The molecule has 0 saturated carbocycles. The summed E-state index contributed by atoms with van der Waals surface area (Å²) in [5.41, 5.74) is -0.696. The van der Waals surface area contributed by atoms with E-state index in [1.165, 1.54) is 16.2 Å². The highest BCUT2D eigenvalue weighted by molar-refractivity contribution is 7.98. The first-order chi connectivity index (χ1) is 9.77. The van der Waals surface area contributed by atoms with Crippen LogP contribution in [0.4, 0.5) is 0 Å². The smallest absolute Gasteiger partial charge is 0.259 e. The van der Waals surface area contributed by atoms with Crippen LogP contribution in [0, 0.1) is 0 Å². The number of halogens is 1. The Morgan fingerprint density at radius 1 is 1.52 bits per heavy atom. The molecule has 0 aliphatic carbocycles. The summed E-state index contributed by atoms with van der Waals surface area (Å²) in [6, 6.07) is 5.09. The Morgan fingerprint density at radius 2 is 2.24 bits per heavy atom. The number of aromatic nitrogens is 2. The third-order valence-corrected chi connectivity index (χ3v) is 5.51. The lowest BCUT2D eigenvalue weighted by Gasteiger charge is -2.22. The Bertz CT molecular complexity index is 743. The fourth-order valence-electron chi connectivity index (χ4n) is 1.87. The summed E-state index contributed by atoms with van der Waals surface area (Å²) in [5, 5.41) is 9.83. The number of fused-ring (bicyclic) bond motifs is 1. The van der Waals surface area contributed by atoms with Gasteiger partial charge in [0.25, 0.3) is 10.0 Å². The van der Waals surface area contributed by atoms with Gasteiger partial charge < -0.3 is 5.11 Å². The molecule has 0 amide bonds. The van der Waals surface area contributed by atoms with Gasteiger partial charge in [-0.3, -0.25) is 4.40 Å². The van der Waals surface area contributed by atoms with Gasteiger partial charge in [0.15, 0.2) is 10.2 Å². The molecule has 0 bridgehead atoms. The Morgan fingerprint density at radius 3 is 2.90 bits per heavy atom. The van der Waals surface area contributed by atoms with Gasteiger partial charge in [0.1, 0.15) is 5.65 Å². The molecular weight excluding hydrogens is 334 g/mol. The van der Waals surface area contributed by atoms with Crippen molar-refractivity contribution in [2.45, 2.75) is 17.6 Å². The van der Waals surface area contributed by atoms with E-state index in [1.54, 1.807) is 31.3 Å². The summed E-state index contributed by atoms with van der Waals surface area (Å²) in [4.78, 5) is 4.00. The number of nitrogens with one attached hydrogen (secondary N) is 1. The van der Waals surface area contributed by atoms with Crippen molar-refractivity contribution >= 4 is 39.0 Å². The van der Waals surface area contributed by atoms with E-state index in [2.05, 4.69) is 9.71 Å². The SMILES string of the molecule is CSCC(C)(O)CNS(=O)(=O)c1c(Cl)nc2ccccn12. The second-order valence-corrected chi connectivity index (χ2v) is 7.80. The van der Waals surface area contributed by atoms with E-state index < -0.39 is 15.6 Å². The van der Waals surface area contributed by atoms with Crippen LogP contribution in [-0.2, 0) is 10.0 Å². The van der Waals surface area contributed by atoms with Gasteiger partial charge in [0.2, 0.25) is 0 Å². The molecule has 1 unspecified atom stereocenters. The first-order valence-corrected chi connectivity index (χ1v) is 9.36. The van der Waals surface area contributed by atoms with Crippen LogP contribution in [0.5, 0.6) is 0 Å². The largest absolute Gasteiger partial charge is 0.388 e. The van der Waals surface area contributed by atoms with Gasteiger partial charge >= 0.3 is 0 Å². The average molecular weight is 350 g/mol. The van der Waals surface area contributed by atoms with Gasteiger partial charge in [-0.15, -0.1) is 0 Å². The summed E-state index contributed by atoms with van der Waals surface area (Å²) < 4.78 is 28.6. The van der Waals surface area contributed by atoms with Crippen molar-refractivity contribution in [3.63, 3.8) is 0 Å². The predicted molar refractivity (Wildman–Crippen MR) is 84.4 cm³/mol. The van der Waals surface area contributed by atoms with Crippen LogP contribution in [0.3, 0.4) is 0 Å².